The number of nitrogens with one attached hydrogen (secondary N) is 1. The van der Waals surface area contributed by atoms with Crippen LogP contribution in [0.3, 0.4) is 0 Å². The Balaban J connectivity index is 1.89. The van der Waals surface area contributed by atoms with Crippen LogP contribution in [-0.2, 0) is 10.0 Å². The summed E-state index contributed by atoms with van der Waals surface area (Å²) in [5.41, 5.74) is 0.720. The zero-order valence-corrected chi connectivity index (χ0v) is 17.0. The van der Waals surface area contributed by atoms with E-state index >= 15 is 0 Å². The van der Waals surface area contributed by atoms with Crippen molar-refractivity contribution in [3.05, 3.63) is 53.6 Å². The minimum atomic E-state index is -3.88. The molecule has 28 heavy (non-hydrogen) atoms. The van der Waals surface area contributed by atoms with E-state index in [9.17, 15) is 8.42 Å². The number of aromatic nitrogens is 3. The van der Waals surface area contributed by atoms with Gasteiger partial charge in [0.25, 0.3) is 0 Å². The van der Waals surface area contributed by atoms with Gasteiger partial charge < -0.3 is 9.26 Å². The molecule has 1 aromatic carbocycles. The molecule has 0 aliphatic rings. The summed E-state index contributed by atoms with van der Waals surface area (Å²) in [6.07, 6.45) is 3.23. The fourth-order valence-corrected chi connectivity index (χ4v) is 4.19. The molecule has 0 radical (unpaired) electrons. The Morgan fingerprint density at radius 3 is 2.50 bits per heavy atom. The summed E-state index contributed by atoms with van der Waals surface area (Å²) in [5.74, 6) is 0.772. The van der Waals surface area contributed by atoms with Crippen LogP contribution in [0, 0.1) is 5.92 Å². The molecule has 0 bridgehead atoms. The molecule has 1 unspecified atom stereocenters. The van der Waals surface area contributed by atoms with Gasteiger partial charge in [-0.15, -0.1) is 0 Å². The fraction of sp³-hybridized carbons (Fsp3) is 0.278. The molecule has 0 fully saturated rings. The molecule has 8 nitrogen and oxygen atoms in total. The first kappa shape index (κ1) is 20.2. The number of halogens is 1. The Morgan fingerprint density at radius 1 is 1.18 bits per heavy atom. The van der Waals surface area contributed by atoms with Gasteiger partial charge in [-0.05, 0) is 36.2 Å². The van der Waals surface area contributed by atoms with Crippen molar-refractivity contribution in [3.63, 3.8) is 0 Å². The topological polar surface area (TPSA) is 107 Å². The number of rotatable bonds is 7. The van der Waals surface area contributed by atoms with Crippen LogP contribution < -0.4 is 9.46 Å². The summed E-state index contributed by atoms with van der Waals surface area (Å²) >= 11 is 6.06. The van der Waals surface area contributed by atoms with Crippen molar-refractivity contribution in [2.75, 3.05) is 7.11 Å². The molecule has 10 heteroatoms. The molecule has 2 heterocycles. The van der Waals surface area contributed by atoms with E-state index in [4.69, 9.17) is 20.9 Å². The van der Waals surface area contributed by atoms with Crippen molar-refractivity contribution in [1.29, 1.82) is 0 Å². The van der Waals surface area contributed by atoms with Crippen molar-refractivity contribution in [1.82, 2.24) is 19.8 Å². The highest BCUT2D eigenvalue weighted by Gasteiger charge is 2.29. The summed E-state index contributed by atoms with van der Waals surface area (Å²) in [4.78, 5) is 8.30. The predicted octanol–water partition coefficient (Wildman–Crippen LogP) is 3.47. The van der Waals surface area contributed by atoms with Crippen molar-refractivity contribution >= 4 is 21.6 Å². The number of hydrogen-bond acceptors (Lipinski definition) is 7. The zero-order valence-electron chi connectivity index (χ0n) is 15.5. The number of nitrogens with zero attached hydrogens (tertiary/aromatic N) is 3. The molecule has 3 rings (SSSR count). The van der Waals surface area contributed by atoms with E-state index in [0.29, 0.717) is 11.6 Å². The molecule has 148 valence electrons. The third kappa shape index (κ3) is 4.32. The molecule has 2 aromatic heterocycles. The fourth-order valence-electron chi connectivity index (χ4n) is 2.50. The second-order valence-electron chi connectivity index (χ2n) is 6.33. The molecule has 0 saturated heterocycles. The first-order valence-corrected chi connectivity index (χ1v) is 10.3. The molecule has 0 aliphatic carbocycles. The number of hydrogen-bond donors (Lipinski definition) is 1. The van der Waals surface area contributed by atoms with Crippen LogP contribution in [0.1, 0.15) is 25.8 Å². The van der Waals surface area contributed by atoms with E-state index in [1.807, 2.05) is 13.8 Å². The molecule has 0 aliphatic heterocycles. The molecule has 1 atom stereocenters. The normalized spacial score (nSPS) is 12.9. The molecule has 0 spiro atoms. The van der Waals surface area contributed by atoms with Crippen LogP contribution in [0.2, 0.25) is 5.02 Å². The van der Waals surface area contributed by atoms with Crippen molar-refractivity contribution < 1.29 is 17.7 Å². The third-order valence-electron chi connectivity index (χ3n) is 4.03. The van der Waals surface area contributed by atoms with Crippen LogP contribution in [-0.4, -0.2) is 30.7 Å². The highest BCUT2D eigenvalue weighted by Crippen LogP contribution is 2.29. The van der Waals surface area contributed by atoms with Crippen LogP contribution in [0.4, 0.5) is 0 Å². The van der Waals surface area contributed by atoms with Gasteiger partial charge in [-0.1, -0.05) is 30.6 Å². The molecule has 0 amide bonds. The Labute approximate surface area is 168 Å². The van der Waals surface area contributed by atoms with Crippen LogP contribution in [0.15, 0.2) is 52.1 Å². The number of benzene rings is 1. The Bertz CT molecular complexity index is 1050. The van der Waals surface area contributed by atoms with Gasteiger partial charge in [0.2, 0.25) is 21.7 Å². The van der Waals surface area contributed by atoms with E-state index in [2.05, 4.69) is 19.8 Å². The predicted molar refractivity (Wildman–Crippen MR) is 103 cm³/mol. The standard InChI is InChI=1S/C18H19ClN4O4S/c1-11(2)16(18-21-17(22-27-18)12-6-8-20-9-7-12)23-28(24,25)13-4-5-15(26-3)14(19)10-13/h4-11,16,23H,1-3H3. The monoisotopic (exact) mass is 422 g/mol. The highest BCUT2D eigenvalue weighted by molar-refractivity contribution is 7.89. The zero-order chi connectivity index (χ0) is 20.3. The summed E-state index contributed by atoms with van der Waals surface area (Å²) in [6, 6.07) is 7.01. The smallest absolute Gasteiger partial charge is 0.245 e. The van der Waals surface area contributed by atoms with Crippen molar-refractivity contribution in [2.24, 2.45) is 5.92 Å². The summed E-state index contributed by atoms with van der Waals surface area (Å²) in [6.45, 7) is 3.70. The largest absolute Gasteiger partial charge is 0.495 e. The lowest BCUT2D eigenvalue weighted by molar-refractivity contribution is 0.311. The van der Waals surface area contributed by atoms with E-state index in [0.717, 1.165) is 5.56 Å². The lowest BCUT2D eigenvalue weighted by atomic mass is 10.1. The first-order valence-electron chi connectivity index (χ1n) is 8.41. The Hall–Kier alpha value is -2.49. The number of methoxy groups -OCH3 is 1. The van der Waals surface area contributed by atoms with Gasteiger partial charge in [0, 0.05) is 18.0 Å². The maximum absolute atomic E-state index is 12.8. The van der Waals surface area contributed by atoms with Gasteiger partial charge in [-0.25, -0.2) is 8.42 Å². The van der Waals surface area contributed by atoms with Gasteiger partial charge in [-0.2, -0.15) is 9.71 Å². The van der Waals surface area contributed by atoms with E-state index in [1.165, 1.54) is 25.3 Å². The molecular formula is C18H19ClN4O4S. The van der Waals surface area contributed by atoms with Crippen LogP contribution in [0.5, 0.6) is 5.75 Å². The molecular weight excluding hydrogens is 404 g/mol. The van der Waals surface area contributed by atoms with Crippen molar-refractivity contribution in [3.8, 4) is 17.1 Å². The average Bonchev–Trinajstić information content (AvgIpc) is 3.16. The molecule has 0 saturated carbocycles. The Kier molecular flexibility index (Phi) is 5.97. The minimum absolute atomic E-state index is 0.0119. The maximum Gasteiger partial charge on any atom is 0.245 e. The number of ether oxygens (including phenoxy) is 1. The quantitative estimate of drug-likeness (QED) is 0.621. The lowest BCUT2D eigenvalue weighted by Crippen LogP contribution is -2.32. The molecule has 3 aromatic rings. The average molecular weight is 423 g/mol. The molecule has 1 N–H and O–H groups in total. The second-order valence-corrected chi connectivity index (χ2v) is 8.45. The van der Waals surface area contributed by atoms with E-state index in [1.54, 1.807) is 24.5 Å². The van der Waals surface area contributed by atoms with Crippen LogP contribution >= 0.6 is 11.6 Å². The number of sulfonamides is 1. The van der Waals surface area contributed by atoms with E-state index < -0.39 is 16.1 Å². The summed E-state index contributed by atoms with van der Waals surface area (Å²) in [7, 11) is -2.43. The van der Waals surface area contributed by atoms with E-state index in [-0.39, 0.29) is 21.7 Å². The van der Waals surface area contributed by atoms with Gasteiger partial charge in [0.1, 0.15) is 11.8 Å². The first-order chi connectivity index (χ1) is 13.3. The SMILES string of the molecule is COc1ccc(S(=O)(=O)NC(c2nc(-c3ccncc3)no2)C(C)C)cc1Cl. The minimum Gasteiger partial charge on any atom is -0.495 e. The van der Waals surface area contributed by atoms with Gasteiger partial charge in [-0.3, -0.25) is 4.98 Å². The third-order valence-corrected chi connectivity index (χ3v) is 5.76. The summed E-state index contributed by atoms with van der Waals surface area (Å²) < 4.78 is 38.7. The lowest BCUT2D eigenvalue weighted by Gasteiger charge is -2.18. The highest BCUT2D eigenvalue weighted by atomic mass is 35.5. The van der Waals surface area contributed by atoms with Gasteiger partial charge in [0.15, 0.2) is 0 Å². The summed E-state index contributed by atoms with van der Waals surface area (Å²) in [5, 5.41) is 4.14. The number of pyridine rings is 1. The maximum atomic E-state index is 12.8. The second kappa shape index (κ2) is 8.26. The van der Waals surface area contributed by atoms with Crippen molar-refractivity contribution in [2.45, 2.75) is 24.8 Å². The Morgan fingerprint density at radius 2 is 1.89 bits per heavy atom. The van der Waals surface area contributed by atoms with Crippen LogP contribution in [0.25, 0.3) is 11.4 Å². The van der Waals surface area contributed by atoms with Gasteiger partial charge in [0.05, 0.1) is 17.0 Å². The van der Waals surface area contributed by atoms with Gasteiger partial charge >= 0.3 is 0 Å².